The van der Waals surface area contributed by atoms with E-state index < -0.39 is 0 Å². The van der Waals surface area contributed by atoms with Crippen LogP contribution in [0, 0.1) is 0 Å². The molecule has 0 saturated heterocycles. The van der Waals surface area contributed by atoms with E-state index in [1.54, 1.807) is 0 Å². The Bertz CT molecular complexity index is 1850. The third-order valence-corrected chi connectivity index (χ3v) is 6.79. The van der Waals surface area contributed by atoms with Crippen LogP contribution in [0.4, 0.5) is 0 Å². The number of pyridine rings is 1. The highest BCUT2D eigenvalue weighted by Crippen LogP contribution is 2.32. The first-order valence-corrected chi connectivity index (χ1v) is 12.5. The largest absolute Gasteiger partial charge is 0.308 e. The number of rotatable bonds is 4. The fourth-order valence-corrected chi connectivity index (χ4v) is 4.98. The first-order chi connectivity index (χ1) is 18.7. The summed E-state index contributed by atoms with van der Waals surface area (Å²) in [5.74, 6) is 0.704. The number of fused-ring (bicyclic) bond motifs is 3. The Morgan fingerprint density at radius 2 is 1.21 bits per heavy atom. The lowest BCUT2D eigenvalue weighted by Gasteiger charge is -2.11. The van der Waals surface area contributed by atoms with E-state index in [2.05, 4.69) is 58.1 Å². The van der Waals surface area contributed by atoms with Crippen LogP contribution in [0.1, 0.15) is 0 Å². The molecule has 2 radical (unpaired) electrons. The minimum absolute atomic E-state index is 0.704. The molecule has 7 rings (SSSR count). The molecule has 176 valence electrons. The summed E-state index contributed by atoms with van der Waals surface area (Å²) in [7, 11) is 6.17. The van der Waals surface area contributed by atoms with E-state index in [9.17, 15) is 0 Å². The Balaban J connectivity index is 1.37. The highest BCUT2D eigenvalue weighted by Gasteiger charge is 2.14. The predicted molar refractivity (Wildman–Crippen MR) is 156 cm³/mol. The molecule has 4 aromatic carbocycles. The van der Waals surface area contributed by atoms with Crippen LogP contribution in [0.15, 0.2) is 128 Å². The Kier molecular flexibility index (Phi) is 5.33. The molecule has 7 aromatic rings. The van der Waals surface area contributed by atoms with Gasteiger partial charge in [-0.25, -0.2) is 9.97 Å². The maximum absolute atomic E-state index is 6.17. The van der Waals surface area contributed by atoms with Gasteiger partial charge in [0.2, 0.25) is 0 Å². The van der Waals surface area contributed by atoms with Gasteiger partial charge in [-0.2, -0.15) is 0 Å². The van der Waals surface area contributed by atoms with Crippen molar-refractivity contribution in [2.24, 2.45) is 0 Å². The second-order valence-corrected chi connectivity index (χ2v) is 9.22. The number of benzene rings is 4. The average Bonchev–Trinajstić information content (AvgIpc) is 3.31. The van der Waals surface area contributed by atoms with Crippen LogP contribution in [0.3, 0.4) is 0 Å². The van der Waals surface area contributed by atoms with Crippen molar-refractivity contribution in [2.45, 2.75) is 0 Å². The lowest BCUT2D eigenvalue weighted by molar-refractivity contribution is 1.17. The van der Waals surface area contributed by atoms with E-state index in [0.29, 0.717) is 5.82 Å². The minimum Gasteiger partial charge on any atom is -0.308 e. The summed E-state index contributed by atoms with van der Waals surface area (Å²) in [6.07, 6.45) is 1.83. The van der Waals surface area contributed by atoms with Crippen molar-refractivity contribution in [3.63, 3.8) is 0 Å². The topological polar surface area (TPSA) is 43.6 Å². The number of nitrogens with zero attached hydrogens (tertiary/aromatic N) is 4. The van der Waals surface area contributed by atoms with Crippen molar-refractivity contribution in [1.82, 2.24) is 19.5 Å². The average molecular weight is 484 g/mol. The minimum atomic E-state index is 0.704. The van der Waals surface area contributed by atoms with Crippen LogP contribution < -0.4 is 5.46 Å². The molecular formula is C33H21BN4. The van der Waals surface area contributed by atoms with Crippen LogP contribution in [-0.4, -0.2) is 27.4 Å². The van der Waals surface area contributed by atoms with E-state index in [-0.39, 0.29) is 0 Å². The fourth-order valence-electron chi connectivity index (χ4n) is 4.98. The van der Waals surface area contributed by atoms with Crippen LogP contribution in [0.5, 0.6) is 0 Å². The van der Waals surface area contributed by atoms with Gasteiger partial charge in [-0.05, 0) is 36.4 Å². The molecule has 0 atom stereocenters. The molecule has 0 aliphatic carbocycles. The summed E-state index contributed by atoms with van der Waals surface area (Å²) in [4.78, 5) is 14.5. The molecular weight excluding hydrogens is 463 g/mol. The highest BCUT2D eigenvalue weighted by molar-refractivity contribution is 6.33. The first-order valence-electron chi connectivity index (χ1n) is 12.5. The Morgan fingerprint density at radius 3 is 1.92 bits per heavy atom. The molecule has 0 aliphatic heterocycles. The van der Waals surface area contributed by atoms with E-state index in [4.69, 9.17) is 17.8 Å². The Labute approximate surface area is 221 Å². The van der Waals surface area contributed by atoms with E-state index >= 15 is 0 Å². The fraction of sp³-hybridized carbons (Fsp3) is 0. The van der Waals surface area contributed by atoms with Crippen LogP contribution in [-0.2, 0) is 0 Å². The molecule has 5 heteroatoms. The first kappa shape index (κ1) is 22.2. The number of hydrogen-bond acceptors (Lipinski definition) is 3. The van der Waals surface area contributed by atoms with Gasteiger partial charge in [0.25, 0.3) is 0 Å². The second-order valence-electron chi connectivity index (χ2n) is 9.22. The van der Waals surface area contributed by atoms with Crippen molar-refractivity contribution < 1.29 is 0 Å². The van der Waals surface area contributed by atoms with Gasteiger partial charge >= 0.3 is 0 Å². The van der Waals surface area contributed by atoms with Gasteiger partial charge in [-0.1, -0.05) is 90.4 Å². The molecule has 0 amide bonds. The maximum atomic E-state index is 6.17. The van der Waals surface area contributed by atoms with Crippen LogP contribution >= 0.6 is 0 Å². The summed E-state index contributed by atoms with van der Waals surface area (Å²) < 4.78 is 2.21. The van der Waals surface area contributed by atoms with E-state index in [1.807, 2.05) is 79.0 Å². The molecule has 0 N–H and O–H groups in total. The van der Waals surface area contributed by atoms with Crippen molar-refractivity contribution in [3.05, 3.63) is 128 Å². The van der Waals surface area contributed by atoms with Crippen molar-refractivity contribution in [3.8, 4) is 39.6 Å². The number of aromatic nitrogens is 4. The monoisotopic (exact) mass is 484 g/mol. The molecule has 3 aromatic heterocycles. The van der Waals surface area contributed by atoms with E-state index in [1.165, 1.54) is 0 Å². The third-order valence-electron chi connectivity index (χ3n) is 6.79. The summed E-state index contributed by atoms with van der Waals surface area (Å²) in [5, 5.41) is 1.08. The maximum Gasteiger partial charge on any atom is 0.160 e. The van der Waals surface area contributed by atoms with Gasteiger partial charge in [0, 0.05) is 34.0 Å². The molecule has 0 fully saturated rings. The lowest BCUT2D eigenvalue weighted by atomic mass is 9.95. The lowest BCUT2D eigenvalue weighted by Crippen LogP contribution is -2.02. The Hall–Kier alpha value is -5.03. The molecule has 4 nitrogen and oxygen atoms in total. The van der Waals surface area contributed by atoms with Crippen LogP contribution in [0.25, 0.3) is 61.5 Å². The zero-order valence-corrected chi connectivity index (χ0v) is 20.5. The molecule has 38 heavy (non-hydrogen) atoms. The second kappa shape index (κ2) is 9.13. The molecule has 3 heterocycles. The molecule has 0 unspecified atom stereocenters. The van der Waals surface area contributed by atoms with Gasteiger partial charge in [0.15, 0.2) is 5.82 Å². The van der Waals surface area contributed by atoms with Crippen LogP contribution in [0.2, 0.25) is 0 Å². The normalized spacial score (nSPS) is 11.3. The van der Waals surface area contributed by atoms with Crippen molar-refractivity contribution >= 4 is 35.2 Å². The summed E-state index contributed by atoms with van der Waals surface area (Å²) >= 11 is 0. The molecule has 0 saturated carbocycles. The number of hydrogen-bond donors (Lipinski definition) is 0. The SMILES string of the molecule is [B]c1ccc2c3ncccc3n(-c3ccc(-c4cc(-c5ccccc5)nc(-c5ccccc5)n4)cc3)c2c1. The molecule has 0 spiro atoms. The summed E-state index contributed by atoms with van der Waals surface area (Å²) in [5.41, 5.74) is 9.62. The van der Waals surface area contributed by atoms with Crippen molar-refractivity contribution in [1.29, 1.82) is 0 Å². The van der Waals surface area contributed by atoms with Crippen molar-refractivity contribution in [2.75, 3.05) is 0 Å². The predicted octanol–water partition coefficient (Wildman–Crippen LogP) is 6.76. The molecule has 0 aliphatic rings. The zero-order valence-electron chi connectivity index (χ0n) is 20.5. The summed E-state index contributed by atoms with van der Waals surface area (Å²) in [6, 6.07) is 40.9. The standard InChI is InChI=1S/C33H21BN4/c34-25-15-18-27-31(20-25)38(30-12-7-19-35-32(27)30)26-16-13-23(14-17-26)29-21-28(22-8-3-1-4-9-22)36-33(37-29)24-10-5-2-6-11-24/h1-21H. The van der Waals surface area contributed by atoms with Gasteiger partial charge in [-0.15, -0.1) is 0 Å². The zero-order chi connectivity index (χ0) is 25.5. The Morgan fingerprint density at radius 1 is 0.553 bits per heavy atom. The summed E-state index contributed by atoms with van der Waals surface area (Å²) in [6.45, 7) is 0. The highest BCUT2D eigenvalue weighted by atomic mass is 15.0. The van der Waals surface area contributed by atoms with E-state index in [0.717, 1.165) is 61.2 Å². The van der Waals surface area contributed by atoms with Gasteiger partial charge in [0.1, 0.15) is 7.85 Å². The van der Waals surface area contributed by atoms with Gasteiger partial charge in [-0.3, -0.25) is 4.98 Å². The smallest absolute Gasteiger partial charge is 0.160 e. The third kappa shape index (κ3) is 3.85. The van der Waals surface area contributed by atoms with Gasteiger partial charge in [0.05, 0.1) is 27.9 Å². The van der Waals surface area contributed by atoms with Gasteiger partial charge < -0.3 is 4.57 Å². The molecule has 0 bridgehead atoms. The quantitative estimate of drug-likeness (QED) is 0.259.